The Kier molecular flexibility index (Phi) is 3.74. The molecule has 0 aliphatic carbocycles. The Morgan fingerprint density at radius 2 is 1.95 bits per heavy atom. The Morgan fingerprint density at radius 1 is 1.20 bits per heavy atom. The molecule has 5 nitrogen and oxygen atoms in total. The van der Waals surface area contributed by atoms with Crippen LogP contribution in [0.2, 0.25) is 0 Å². The molecule has 0 unspecified atom stereocenters. The molecule has 2 aromatic carbocycles. The van der Waals surface area contributed by atoms with Crippen molar-refractivity contribution in [2.75, 3.05) is 12.4 Å². The van der Waals surface area contributed by atoms with Gasteiger partial charge in [0.2, 0.25) is 0 Å². The van der Waals surface area contributed by atoms with Crippen LogP contribution in [-0.2, 0) is 0 Å². The molecule has 0 radical (unpaired) electrons. The van der Waals surface area contributed by atoms with E-state index >= 15 is 0 Å². The van der Waals surface area contributed by atoms with Crippen molar-refractivity contribution in [2.45, 2.75) is 0 Å². The molecule has 0 saturated carbocycles. The highest BCUT2D eigenvalue weighted by Gasteiger charge is 2.13. The van der Waals surface area contributed by atoms with Gasteiger partial charge in [-0.15, -0.1) is 0 Å². The van der Waals surface area contributed by atoms with Crippen LogP contribution in [-0.4, -0.2) is 23.2 Å². The van der Waals surface area contributed by atoms with Crippen LogP contribution in [0.15, 0.2) is 36.4 Å². The molecule has 6 heteroatoms. The summed E-state index contributed by atoms with van der Waals surface area (Å²) in [6, 6.07) is 7.41. The van der Waals surface area contributed by atoms with Crippen molar-refractivity contribution >= 4 is 11.6 Å². The van der Waals surface area contributed by atoms with Gasteiger partial charge in [-0.25, -0.2) is 4.39 Å². The van der Waals surface area contributed by atoms with Gasteiger partial charge in [-0.1, -0.05) is 0 Å². The van der Waals surface area contributed by atoms with Gasteiger partial charge in [0.05, 0.1) is 12.7 Å². The Hall–Kier alpha value is -2.76. The number of carbonyl (C=O) groups excluding carboxylic acids is 1. The predicted molar refractivity (Wildman–Crippen MR) is 70.7 cm³/mol. The van der Waals surface area contributed by atoms with Crippen molar-refractivity contribution in [3.63, 3.8) is 0 Å². The largest absolute Gasteiger partial charge is 0.508 e. The fourth-order valence-corrected chi connectivity index (χ4v) is 1.64. The minimum absolute atomic E-state index is 0.0112. The van der Waals surface area contributed by atoms with E-state index in [0.29, 0.717) is 5.69 Å². The van der Waals surface area contributed by atoms with Crippen LogP contribution in [0.5, 0.6) is 17.2 Å². The standard InChI is InChI=1S/C14H12FNO4/c1-20-13-6-8(2-4-11(13)15)16-14(19)10-7-9(17)3-5-12(10)18/h2-7,17-18H,1H3,(H,16,19). The fourth-order valence-electron chi connectivity index (χ4n) is 1.64. The molecule has 0 saturated heterocycles. The number of aromatic hydroxyl groups is 2. The summed E-state index contributed by atoms with van der Waals surface area (Å²) in [7, 11) is 1.31. The Morgan fingerprint density at radius 3 is 2.65 bits per heavy atom. The third-order valence-electron chi connectivity index (χ3n) is 2.63. The average molecular weight is 277 g/mol. The van der Waals surface area contributed by atoms with Gasteiger partial charge in [0.1, 0.15) is 11.5 Å². The first-order valence-corrected chi connectivity index (χ1v) is 5.68. The average Bonchev–Trinajstić information content (AvgIpc) is 2.43. The molecule has 0 aliphatic rings. The van der Waals surface area contributed by atoms with Crippen LogP contribution in [0.25, 0.3) is 0 Å². The zero-order valence-electron chi connectivity index (χ0n) is 10.6. The number of rotatable bonds is 3. The third-order valence-corrected chi connectivity index (χ3v) is 2.63. The zero-order chi connectivity index (χ0) is 14.7. The molecule has 0 aromatic heterocycles. The molecule has 2 rings (SSSR count). The molecule has 0 atom stereocenters. The number of methoxy groups -OCH3 is 1. The first-order chi connectivity index (χ1) is 9.51. The summed E-state index contributed by atoms with van der Waals surface area (Å²) in [6.45, 7) is 0. The van der Waals surface area contributed by atoms with Gasteiger partial charge in [-0.05, 0) is 30.3 Å². The van der Waals surface area contributed by atoms with Crippen LogP contribution in [0.3, 0.4) is 0 Å². The van der Waals surface area contributed by atoms with E-state index in [4.69, 9.17) is 4.74 Å². The van der Waals surface area contributed by atoms with Crippen LogP contribution >= 0.6 is 0 Å². The summed E-state index contributed by atoms with van der Waals surface area (Å²) < 4.78 is 18.0. The summed E-state index contributed by atoms with van der Waals surface area (Å²) >= 11 is 0. The number of benzene rings is 2. The van der Waals surface area contributed by atoms with Crippen LogP contribution in [0.4, 0.5) is 10.1 Å². The molecule has 104 valence electrons. The summed E-state index contributed by atoms with van der Waals surface area (Å²) in [5, 5.41) is 21.4. The number of ether oxygens (including phenoxy) is 1. The van der Waals surface area contributed by atoms with E-state index in [9.17, 15) is 19.4 Å². The predicted octanol–water partition coefficient (Wildman–Crippen LogP) is 2.50. The molecule has 20 heavy (non-hydrogen) atoms. The van der Waals surface area contributed by atoms with Gasteiger partial charge >= 0.3 is 0 Å². The molecule has 3 N–H and O–H groups in total. The van der Waals surface area contributed by atoms with Gasteiger partial charge in [0, 0.05) is 11.8 Å². The van der Waals surface area contributed by atoms with E-state index in [-0.39, 0.29) is 22.8 Å². The molecule has 0 spiro atoms. The van der Waals surface area contributed by atoms with Gasteiger partial charge in [-0.3, -0.25) is 4.79 Å². The zero-order valence-corrected chi connectivity index (χ0v) is 10.6. The second-order valence-electron chi connectivity index (χ2n) is 4.00. The van der Waals surface area contributed by atoms with E-state index in [0.717, 1.165) is 12.1 Å². The SMILES string of the molecule is COc1cc(NC(=O)c2cc(O)ccc2O)ccc1F. The maximum atomic E-state index is 13.2. The molecular weight excluding hydrogens is 265 g/mol. The van der Waals surface area contributed by atoms with E-state index < -0.39 is 11.7 Å². The van der Waals surface area contributed by atoms with Crippen molar-refractivity contribution < 1.29 is 24.1 Å². The molecule has 1 amide bonds. The molecule has 0 aliphatic heterocycles. The van der Waals surface area contributed by atoms with Gasteiger partial charge in [0.15, 0.2) is 11.6 Å². The van der Waals surface area contributed by atoms with Crippen LogP contribution < -0.4 is 10.1 Å². The summed E-state index contributed by atoms with van der Waals surface area (Å²) in [5.74, 6) is -1.61. The Labute approximate surface area is 114 Å². The van der Waals surface area contributed by atoms with E-state index in [2.05, 4.69) is 5.32 Å². The molecule has 0 heterocycles. The van der Waals surface area contributed by atoms with Crippen molar-refractivity contribution in [2.24, 2.45) is 0 Å². The summed E-state index contributed by atoms with van der Waals surface area (Å²) in [6.07, 6.45) is 0. The lowest BCUT2D eigenvalue weighted by atomic mass is 10.1. The molecule has 0 bridgehead atoms. The number of phenols is 2. The lowest BCUT2D eigenvalue weighted by molar-refractivity contribution is 0.102. The van der Waals surface area contributed by atoms with Gasteiger partial charge < -0.3 is 20.3 Å². The number of amides is 1. The minimum atomic E-state index is -0.632. The van der Waals surface area contributed by atoms with Crippen LogP contribution in [0, 0.1) is 5.82 Å². The molecule has 0 fully saturated rings. The lowest BCUT2D eigenvalue weighted by Crippen LogP contribution is -2.12. The normalized spacial score (nSPS) is 10.1. The topological polar surface area (TPSA) is 78.8 Å². The first-order valence-electron chi connectivity index (χ1n) is 5.68. The number of hydrogen-bond donors (Lipinski definition) is 3. The molecule has 2 aromatic rings. The second kappa shape index (κ2) is 5.48. The molecular formula is C14H12FNO4. The fraction of sp³-hybridized carbons (Fsp3) is 0.0714. The monoisotopic (exact) mass is 277 g/mol. The number of hydrogen-bond acceptors (Lipinski definition) is 4. The number of carbonyl (C=O) groups is 1. The number of phenolic OH excluding ortho intramolecular Hbond substituents is 2. The summed E-state index contributed by atoms with van der Waals surface area (Å²) in [4.78, 5) is 12.0. The second-order valence-corrected chi connectivity index (χ2v) is 4.00. The Balaban J connectivity index is 2.25. The minimum Gasteiger partial charge on any atom is -0.508 e. The van der Waals surface area contributed by atoms with Crippen molar-refractivity contribution in [1.29, 1.82) is 0 Å². The van der Waals surface area contributed by atoms with Crippen molar-refractivity contribution in [1.82, 2.24) is 0 Å². The van der Waals surface area contributed by atoms with Crippen LogP contribution in [0.1, 0.15) is 10.4 Å². The number of nitrogens with one attached hydrogen (secondary N) is 1. The maximum absolute atomic E-state index is 13.2. The van der Waals surface area contributed by atoms with E-state index in [1.54, 1.807) is 0 Å². The lowest BCUT2D eigenvalue weighted by Gasteiger charge is -2.09. The maximum Gasteiger partial charge on any atom is 0.259 e. The highest BCUT2D eigenvalue weighted by atomic mass is 19.1. The smallest absolute Gasteiger partial charge is 0.259 e. The van der Waals surface area contributed by atoms with Gasteiger partial charge in [-0.2, -0.15) is 0 Å². The Bertz CT molecular complexity index is 658. The van der Waals surface area contributed by atoms with E-state index in [1.807, 2.05) is 0 Å². The number of halogens is 1. The van der Waals surface area contributed by atoms with E-state index in [1.165, 1.54) is 31.4 Å². The van der Waals surface area contributed by atoms with Crippen molar-refractivity contribution in [3.05, 3.63) is 47.8 Å². The third kappa shape index (κ3) is 2.80. The quantitative estimate of drug-likeness (QED) is 0.753. The first kappa shape index (κ1) is 13.7. The number of anilines is 1. The van der Waals surface area contributed by atoms with Gasteiger partial charge in [0.25, 0.3) is 5.91 Å². The van der Waals surface area contributed by atoms with Crippen molar-refractivity contribution in [3.8, 4) is 17.2 Å². The highest BCUT2D eigenvalue weighted by molar-refractivity contribution is 6.06. The highest BCUT2D eigenvalue weighted by Crippen LogP contribution is 2.25. The summed E-state index contributed by atoms with van der Waals surface area (Å²) in [5.41, 5.74) is 0.212.